The number of aromatic nitrogens is 1. The monoisotopic (exact) mass is 766 g/mol. The molecule has 1 atom stereocenters. The van der Waals surface area contributed by atoms with Gasteiger partial charge in [0.15, 0.2) is 0 Å². The standard InChI is InChI=1S/C57H54N2/c1-39-32-37-54(51(38-39)50-29-17-28-49-47-25-12-14-31-53(47)59(56(49)50)43-22-9-6-10-23-43)58(44-35-33-42(34-36-44)57(2,3)4)52-30-13-11-24-46(52)48-27-16-21-41-20-15-26-45(55(41)48)40-18-7-5-8-19-40/h6,9-17,20-37,39-40H,5,7-8,18-19,38H2,1-4H3. The van der Waals surface area contributed by atoms with E-state index >= 15 is 0 Å². The maximum atomic E-state index is 2.58. The zero-order valence-corrected chi connectivity index (χ0v) is 35.0. The first-order chi connectivity index (χ1) is 28.8. The normalized spacial score (nSPS) is 16.4. The van der Waals surface area contributed by atoms with Crippen LogP contribution < -0.4 is 4.90 Å². The van der Waals surface area contributed by atoms with Gasteiger partial charge in [-0.2, -0.15) is 0 Å². The summed E-state index contributed by atoms with van der Waals surface area (Å²) in [5, 5.41) is 5.30. The van der Waals surface area contributed by atoms with Gasteiger partial charge in [-0.15, -0.1) is 0 Å². The molecule has 292 valence electrons. The molecule has 0 spiro atoms. The van der Waals surface area contributed by atoms with E-state index in [2.05, 4.69) is 207 Å². The third-order valence-electron chi connectivity index (χ3n) is 13.1. The highest BCUT2D eigenvalue weighted by molar-refractivity contribution is 6.13. The molecule has 8 aromatic rings. The third-order valence-corrected chi connectivity index (χ3v) is 13.1. The van der Waals surface area contributed by atoms with Crippen molar-refractivity contribution in [3.8, 4) is 16.8 Å². The second-order valence-corrected chi connectivity index (χ2v) is 18.0. The van der Waals surface area contributed by atoms with Crippen LogP contribution in [0.15, 0.2) is 176 Å². The molecule has 0 amide bonds. The topological polar surface area (TPSA) is 8.17 Å². The van der Waals surface area contributed by atoms with Crippen LogP contribution in [0.1, 0.15) is 88.8 Å². The van der Waals surface area contributed by atoms with Crippen LogP contribution >= 0.6 is 0 Å². The number of rotatable bonds is 7. The zero-order valence-electron chi connectivity index (χ0n) is 35.0. The highest BCUT2D eigenvalue weighted by Crippen LogP contribution is 2.48. The summed E-state index contributed by atoms with van der Waals surface area (Å²) < 4.78 is 2.49. The van der Waals surface area contributed by atoms with E-state index in [9.17, 15) is 0 Å². The first-order valence-corrected chi connectivity index (χ1v) is 21.9. The van der Waals surface area contributed by atoms with E-state index in [0.29, 0.717) is 11.8 Å². The molecule has 1 fully saturated rings. The molecule has 2 nitrogen and oxygen atoms in total. The molecule has 1 heterocycles. The fourth-order valence-electron chi connectivity index (χ4n) is 10.2. The molecule has 0 bridgehead atoms. The lowest BCUT2D eigenvalue weighted by atomic mass is 9.80. The summed E-state index contributed by atoms with van der Waals surface area (Å²) in [5.41, 5.74) is 15.4. The van der Waals surface area contributed by atoms with Crippen LogP contribution in [0.25, 0.3) is 55.0 Å². The van der Waals surface area contributed by atoms with E-state index in [-0.39, 0.29) is 5.41 Å². The minimum absolute atomic E-state index is 0.0465. The van der Waals surface area contributed by atoms with Gasteiger partial charge in [0, 0.05) is 39.0 Å². The Hall–Kier alpha value is -6.12. The molecule has 59 heavy (non-hydrogen) atoms. The smallest absolute Gasteiger partial charge is 0.0616 e. The Morgan fingerprint density at radius 3 is 2.05 bits per heavy atom. The molecule has 2 heteroatoms. The number of hydrogen-bond donors (Lipinski definition) is 0. The molecule has 0 aliphatic heterocycles. The van der Waals surface area contributed by atoms with Crippen molar-refractivity contribution in [2.75, 3.05) is 4.90 Å². The van der Waals surface area contributed by atoms with Crippen molar-refractivity contribution in [2.24, 2.45) is 5.92 Å². The van der Waals surface area contributed by atoms with Crippen molar-refractivity contribution in [1.82, 2.24) is 4.57 Å². The van der Waals surface area contributed by atoms with Gasteiger partial charge in [0.2, 0.25) is 0 Å². The second-order valence-electron chi connectivity index (χ2n) is 18.0. The summed E-state index contributed by atoms with van der Waals surface area (Å²) in [6.07, 6.45) is 12.3. The van der Waals surface area contributed by atoms with Crippen LogP contribution in [0.3, 0.4) is 0 Å². The number of nitrogens with zero attached hydrogens (tertiary/aromatic N) is 2. The lowest BCUT2D eigenvalue weighted by molar-refractivity contribution is 0.445. The average Bonchev–Trinajstić information content (AvgIpc) is 3.62. The Balaban J connectivity index is 1.27. The van der Waals surface area contributed by atoms with Crippen LogP contribution in [0, 0.1) is 5.92 Å². The fourth-order valence-corrected chi connectivity index (χ4v) is 10.2. The summed E-state index contributed by atoms with van der Waals surface area (Å²) in [5.74, 6) is 0.978. The molecule has 0 radical (unpaired) electrons. The van der Waals surface area contributed by atoms with E-state index in [1.807, 2.05) is 0 Å². The number of para-hydroxylation sites is 4. The van der Waals surface area contributed by atoms with Crippen molar-refractivity contribution >= 4 is 49.5 Å². The van der Waals surface area contributed by atoms with Crippen molar-refractivity contribution in [3.63, 3.8) is 0 Å². The lowest BCUT2D eigenvalue weighted by Crippen LogP contribution is -2.21. The number of anilines is 2. The van der Waals surface area contributed by atoms with Crippen LogP contribution in [0.4, 0.5) is 11.4 Å². The SMILES string of the molecule is CC1C=CC(N(c2ccc(C(C)(C)C)cc2)c2ccccc2-c2cccc3cccc(C4CCCCC4)c23)=C(c2cccc3c4ccccc4n(-c4ccccc4)c23)C1. The average molecular weight is 767 g/mol. The van der Waals surface area contributed by atoms with Gasteiger partial charge in [-0.25, -0.2) is 0 Å². The molecule has 7 aromatic carbocycles. The Morgan fingerprint density at radius 1 is 0.593 bits per heavy atom. The van der Waals surface area contributed by atoms with Crippen molar-refractivity contribution < 1.29 is 0 Å². The molecule has 0 N–H and O–H groups in total. The highest BCUT2D eigenvalue weighted by atomic mass is 15.2. The molecular weight excluding hydrogens is 713 g/mol. The molecule has 2 aliphatic carbocycles. The van der Waals surface area contributed by atoms with Crippen LogP contribution in [-0.4, -0.2) is 4.57 Å². The number of hydrogen-bond acceptors (Lipinski definition) is 1. The summed E-state index contributed by atoms with van der Waals surface area (Å²) in [7, 11) is 0. The van der Waals surface area contributed by atoms with Gasteiger partial charge in [0.05, 0.1) is 16.7 Å². The van der Waals surface area contributed by atoms with Crippen LogP contribution in [-0.2, 0) is 5.41 Å². The third kappa shape index (κ3) is 6.69. The highest BCUT2D eigenvalue weighted by Gasteiger charge is 2.28. The molecular formula is C57H54N2. The second kappa shape index (κ2) is 15.2. The van der Waals surface area contributed by atoms with E-state index in [1.165, 1.54) is 121 Å². The molecule has 10 rings (SSSR count). The first kappa shape index (κ1) is 37.2. The minimum atomic E-state index is 0.0465. The summed E-state index contributed by atoms with van der Waals surface area (Å²) in [6.45, 7) is 9.27. The molecule has 1 unspecified atom stereocenters. The van der Waals surface area contributed by atoms with Gasteiger partial charge < -0.3 is 9.47 Å². The van der Waals surface area contributed by atoms with Crippen molar-refractivity contribution in [3.05, 3.63) is 192 Å². The Morgan fingerprint density at radius 2 is 1.25 bits per heavy atom. The number of fused-ring (bicyclic) bond motifs is 4. The van der Waals surface area contributed by atoms with Gasteiger partial charge in [-0.1, -0.05) is 174 Å². The fraction of sp³-hybridized carbons (Fsp3) is 0.228. The molecule has 0 saturated heterocycles. The van der Waals surface area contributed by atoms with E-state index in [4.69, 9.17) is 0 Å². The first-order valence-electron chi connectivity index (χ1n) is 21.9. The van der Waals surface area contributed by atoms with Crippen LogP contribution in [0.2, 0.25) is 0 Å². The Kier molecular flexibility index (Phi) is 9.60. The zero-order chi connectivity index (χ0) is 40.1. The van der Waals surface area contributed by atoms with Gasteiger partial charge >= 0.3 is 0 Å². The predicted molar refractivity (Wildman–Crippen MR) is 253 cm³/mol. The lowest BCUT2D eigenvalue weighted by Gasteiger charge is -2.34. The maximum Gasteiger partial charge on any atom is 0.0616 e. The van der Waals surface area contributed by atoms with Crippen LogP contribution in [0.5, 0.6) is 0 Å². The van der Waals surface area contributed by atoms with Gasteiger partial charge in [-0.05, 0) is 112 Å². The summed E-state index contributed by atoms with van der Waals surface area (Å²) in [6, 6.07) is 59.3. The van der Waals surface area contributed by atoms with E-state index < -0.39 is 0 Å². The Bertz CT molecular complexity index is 2870. The minimum Gasteiger partial charge on any atom is -0.310 e. The largest absolute Gasteiger partial charge is 0.310 e. The van der Waals surface area contributed by atoms with Gasteiger partial charge in [0.25, 0.3) is 0 Å². The predicted octanol–water partition coefficient (Wildman–Crippen LogP) is 16.1. The number of allylic oxidation sites excluding steroid dienone is 3. The molecule has 2 aliphatic rings. The number of benzene rings is 7. The van der Waals surface area contributed by atoms with Crippen molar-refractivity contribution in [1.29, 1.82) is 0 Å². The maximum absolute atomic E-state index is 2.58. The Labute approximate surface area is 350 Å². The summed E-state index contributed by atoms with van der Waals surface area (Å²) >= 11 is 0. The summed E-state index contributed by atoms with van der Waals surface area (Å²) in [4.78, 5) is 2.58. The quantitative estimate of drug-likeness (QED) is 0.157. The molecule has 1 aromatic heterocycles. The van der Waals surface area contributed by atoms with Gasteiger partial charge in [-0.3, -0.25) is 0 Å². The van der Waals surface area contributed by atoms with E-state index in [1.54, 1.807) is 0 Å². The van der Waals surface area contributed by atoms with Gasteiger partial charge in [0.1, 0.15) is 0 Å². The molecule has 1 saturated carbocycles. The van der Waals surface area contributed by atoms with E-state index in [0.717, 1.165) is 6.42 Å². The van der Waals surface area contributed by atoms with Crippen molar-refractivity contribution in [2.45, 2.75) is 77.6 Å².